The third kappa shape index (κ3) is 8.35. The van der Waals surface area contributed by atoms with Crippen molar-refractivity contribution in [1.82, 2.24) is 5.32 Å². The van der Waals surface area contributed by atoms with Crippen LogP contribution in [-0.2, 0) is 14.3 Å². The standard InChI is InChI=1S/C10H22N2O3/c1-14-7-3-5-9(11)10(13)12-6-4-8-15-2/h9H,3-8,11H2,1-2H3,(H,12,13). The van der Waals surface area contributed by atoms with Crippen LogP contribution in [0.1, 0.15) is 19.3 Å². The Labute approximate surface area is 91.3 Å². The van der Waals surface area contributed by atoms with Gasteiger partial charge in [0.2, 0.25) is 5.91 Å². The molecule has 0 aliphatic rings. The summed E-state index contributed by atoms with van der Waals surface area (Å²) in [6.07, 6.45) is 2.28. The van der Waals surface area contributed by atoms with Gasteiger partial charge in [0.15, 0.2) is 0 Å². The molecule has 0 aliphatic carbocycles. The second-order valence-corrected chi connectivity index (χ2v) is 3.38. The molecular formula is C10H22N2O3. The first-order valence-corrected chi connectivity index (χ1v) is 5.23. The van der Waals surface area contributed by atoms with Crippen LogP contribution in [0.5, 0.6) is 0 Å². The lowest BCUT2D eigenvalue weighted by Gasteiger charge is -2.11. The van der Waals surface area contributed by atoms with Gasteiger partial charge in [0.1, 0.15) is 0 Å². The van der Waals surface area contributed by atoms with E-state index in [9.17, 15) is 4.79 Å². The van der Waals surface area contributed by atoms with Crippen molar-refractivity contribution >= 4 is 5.91 Å². The maximum absolute atomic E-state index is 11.4. The second-order valence-electron chi connectivity index (χ2n) is 3.38. The molecule has 5 heteroatoms. The number of methoxy groups -OCH3 is 2. The van der Waals surface area contributed by atoms with Crippen molar-refractivity contribution < 1.29 is 14.3 Å². The van der Waals surface area contributed by atoms with E-state index < -0.39 is 6.04 Å². The molecule has 0 saturated heterocycles. The Hall–Kier alpha value is -0.650. The smallest absolute Gasteiger partial charge is 0.236 e. The zero-order valence-electron chi connectivity index (χ0n) is 9.62. The molecule has 0 rings (SSSR count). The lowest BCUT2D eigenvalue weighted by Crippen LogP contribution is -2.41. The zero-order valence-corrected chi connectivity index (χ0v) is 9.62. The average molecular weight is 218 g/mol. The highest BCUT2D eigenvalue weighted by Crippen LogP contribution is 1.94. The van der Waals surface area contributed by atoms with Crippen molar-refractivity contribution in [3.05, 3.63) is 0 Å². The maximum atomic E-state index is 11.4. The van der Waals surface area contributed by atoms with Crippen LogP contribution in [-0.4, -0.2) is 45.9 Å². The molecule has 0 spiro atoms. The molecule has 1 unspecified atom stereocenters. The molecule has 3 N–H and O–H groups in total. The third-order valence-electron chi connectivity index (χ3n) is 2.02. The molecule has 15 heavy (non-hydrogen) atoms. The van der Waals surface area contributed by atoms with Crippen LogP contribution in [0.4, 0.5) is 0 Å². The zero-order chi connectivity index (χ0) is 11.5. The molecule has 1 atom stereocenters. The Morgan fingerprint density at radius 1 is 1.27 bits per heavy atom. The van der Waals surface area contributed by atoms with Gasteiger partial charge in [-0.05, 0) is 19.3 Å². The fraction of sp³-hybridized carbons (Fsp3) is 0.900. The number of carbonyl (C=O) groups excluding carboxylic acids is 1. The van der Waals surface area contributed by atoms with Gasteiger partial charge in [0.25, 0.3) is 0 Å². The molecular weight excluding hydrogens is 196 g/mol. The molecule has 0 fully saturated rings. The molecule has 0 aliphatic heterocycles. The van der Waals surface area contributed by atoms with Gasteiger partial charge in [-0.25, -0.2) is 0 Å². The summed E-state index contributed by atoms with van der Waals surface area (Å²) in [4.78, 5) is 11.4. The summed E-state index contributed by atoms with van der Waals surface area (Å²) < 4.78 is 9.75. The van der Waals surface area contributed by atoms with Crippen molar-refractivity contribution in [1.29, 1.82) is 0 Å². The Morgan fingerprint density at radius 2 is 1.87 bits per heavy atom. The number of hydrogen-bond acceptors (Lipinski definition) is 4. The Morgan fingerprint density at radius 3 is 2.47 bits per heavy atom. The van der Waals surface area contributed by atoms with Gasteiger partial charge in [-0.15, -0.1) is 0 Å². The van der Waals surface area contributed by atoms with Crippen LogP contribution < -0.4 is 11.1 Å². The van der Waals surface area contributed by atoms with Crippen LogP contribution in [0.2, 0.25) is 0 Å². The monoisotopic (exact) mass is 218 g/mol. The van der Waals surface area contributed by atoms with Crippen molar-refractivity contribution in [2.45, 2.75) is 25.3 Å². The summed E-state index contributed by atoms with van der Waals surface area (Å²) in [5.41, 5.74) is 5.67. The van der Waals surface area contributed by atoms with Crippen molar-refractivity contribution in [3.8, 4) is 0 Å². The van der Waals surface area contributed by atoms with Gasteiger partial charge < -0.3 is 20.5 Å². The second kappa shape index (κ2) is 9.89. The van der Waals surface area contributed by atoms with Crippen LogP contribution >= 0.6 is 0 Å². The summed E-state index contributed by atoms with van der Waals surface area (Å²) in [6.45, 7) is 1.91. The van der Waals surface area contributed by atoms with E-state index in [0.717, 1.165) is 12.8 Å². The Kier molecular flexibility index (Phi) is 9.46. The van der Waals surface area contributed by atoms with Crippen LogP contribution in [0.25, 0.3) is 0 Å². The lowest BCUT2D eigenvalue weighted by atomic mass is 10.1. The first-order chi connectivity index (χ1) is 7.22. The summed E-state index contributed by atoms with van der Waals surface area (Å²) >= 11 is 0. The van der Waals surface area contributed by atoms with E-state index >= 15 is 0 Å². The number of rotatable bonds is 9. The van der Waals surface area contributed by atoms with Gasteiger partial charge in [-0.3, -0.25) is 4.79 Å². The van der Waals surface area contributed by atoms with Crippen molar-refractivity contribution in [2.75, 3.05) is 34.0 Å². The molecule has 0 saturated carbocycles. The highest BCUT2D eigenvalue weighted by molar-refractivity contribution is 5.81. The van der Waals surface area contributed by atoms with Crippen molar-refractivity contribution in [2.24, 2.45) is 5.73 Å². The minimum Gasteiger partial charge on any atom is -0.385 e. The van der Waals surface area contributed by atoms with E-state index in [-0.39, 0.29) is 5.91 Å². The van der Waals surface area contributed by atoms with Crippen LogP contribution in [0.15, 0.2) is 0 Å². The van der Waals surface area contributed by atoms with Gasteiger partial charge >= 0.3 is 0 Å². The predicted molar refractivity (Wildman–Crippen MR) is 58.6 cm³/mol. The van der Waals surface area contributed by atoms with Crippen molar-refractivity contribution in [3.63, 3.8) is 0 Å². The third-order valence-corrected chi connectivity index (χ3v) is 2.02. The van der Waals surface area contributed by atoms with Crippen LogP contribution in [0, 0.1) is 0 Å². The number of hydrogen-bond donors (Lipinski definition) is 2. The minimum atomic E-state index is -0.428. The number of carbonyl (C=O) groups is 1. The van der Waals surface area contributed by atoms with E-state index in [1.165, 1.54) is 0 Å². The minimum absolute atomic E-state index is 0.0952. The first kappa shape index (κ1) is 14.3. The Balaban J connectivity index is 3.42. The largest absolute Gasteiger partial charge is 0.385 e. The summed E-state index contributed by atoms with van der Waals surface area (Å²) in [7, 11) is 3.27. The average Bonchev–Trinajstić information content (AvgIpc) is 2.24. The molecule has 1 amide bonds. The molecule has 0 radical (unpaired) electrons. The number of nitrogens with two attached hydrogens (primary N) is 1. The summed E-state index contributed by atoms with van der Waals surface area (Å²) in [5, 5.41) is 2.76. The molecule has 5 nitrogen and oxygen atoms in total. The SMILES string of the molecule is COCCCNC(=O)C(N)CCCOC. The number of amides is 1. The van der Waals surface area contributed by atoms with E-state index in [4.69, 9.17) is 15.2 Å². The van der Waals surface area contributed by atoms with Gasteiger partial charge in [-0.1, -0.05) is 0 Å². The fourth-order valence-corrected chi connectivity index (χ4v) is 1.14. The number of nitrogens with one attached hydrogen (secondary N) is 1. The number of ether oxygens (including phenoxy) is 2. The molecule has 0 aromatic rings. The first-order valence-electron chi connectivity index (χ1n) is 5.23. The van der Waals surface area contributed by atoms with E-state index in [2.05, 4.69) is 5.32 Å². The topological polar surface area (TPSA) is 73.6 Å². The molecule has 0 aromatic heterocycles. The highest BCUT2D eigenvalue weighted by Gasteiger charge is 2.11. The summed E-state index contributed by atoms with van der Waals surface area (Å²) in [5.74, 6) is -0.0952. The van der Waals surface area contributed by atoms with E-state index in [0.29, 0.717) is 26.2 Å². The van der Waals surface area contributed by atoms with Gasteiger partial charge in [-0.2, -0.15) is 0 Å². The molecule has 0 aromatic carbocycles. The molecule has 90 valence electrons. The van der Waals surface area contributed by atoms with Gasteiger partial charge in [0.05, 0.1) is 6.04 Å². The normalized spacial score (nSPS) is 12.5. The van der Waals surface area contributed by atoms with Crippen LogP contribution in [0.3, 0.4) is 0 Å². The fourth-order valence-electron chi connectivity index (χ4n) is 1.14. The molecule has 0 bridgehead atoms. The lowest BCUT2D eigenvalue weighted by molar-refractivity contribution is -0.122. The quantitative estimate of drug-likeness (QED) is 0.530. The van der Waals surface area contributed by atoms with E-state index in [1.807, 2.05) is 0 Å². The highest BCUT2D eigenvalue weighted by atomic mass is 16.5. The Bertz CT molecular complexity index is 165. The molecule has 0 heterocycles. The van der Waals surface area contributed by atoms with E-state index in [1.54, 1.807) is 14.2 Å². The van der Waals surface area contributed by atoms with Gasteiger partial charge in [0, 0.05) is 34.0 Å². The maximum Gasteiger partial charge on any atom is 0.236 e. The summed E-state index contributed by atoms with van der Waals surface area (Å²) in [6, 6.07) is -0.428. The predicted octanol–water partition coefficient (Wildman–Crippen LogP) is -0.107.